The molecule has 0 aromatic rings. The van der Waals surface area contributed by atoms with Gasteiger partial charge in [0.2, 0.25) is 0 Å². The standard InChI is InChI=1S/C4H11O3PS2/c5-8(6,7)3-1-2-4(9)10/h4,9-10H,1-3H2,(H2,5,6,7). The van der Waals surface area contributed by atoms with E-state index in [4.69, 9.17) is 9.79 Å². The van der Waals surface area contributed by atoms with Crippen LogP contribution in [0.3, 0.4) is 0 Å². The van der Waals surface area contributed by atoms with E-state index in [0.29, 0.717) is 12.8 Å². The van der Waals surface area contributed by atoms with Gasteiger partial charge in [-0.15, -0.1) is 0 Å². The molecule has 6 heteroatoms. The van der Waals surface area contributed by atoms with Gasteiger partial charge in [-0.2, -0.15) is 25.3 Å². The summed E-state index contributed by atoms with van der Waals surface area (Å²) in [5.41, 5.74) is 0. The van der Waals surface area contributed by atoms with Crippen molar-refractivity contribution < 1.29 is 14.4 Å². The number of hydrogen-bond donors (Lipinski definition) is 4. The van der Waals surface area contributed by atoms with E-state index >= 15 is 0 Å². The summed E-state index contributed by atoms with van der Waals surface area (Å²) in [4.78, 5) is 16.8. The fourth-order valence-electron chi connectivity index (χ4n) is 0.480. The van der Waals surface area contributed by atoms with Crippen molar-refractivity contribution in [2.45, 2.75) is 17.4 Å². The normalized spacial score (nSPS) is 12.5. The fourth-order valence-corrected chi connectivity index (χ4v) is 1.44. The molecule has 0 fully saturated rings. The molecule has 0 saturated heterocycles. The monoisotopic (exact) mass is 202 g/mol. The van der Waals surface area contributed by atoms with Crippen LogP contribution in [0.1, 0.15) is 12.8 Å². The largest absolute Gasteiger partial charge is 0.325 e. The predicted octanol–water partition coefficient (Wildman–Crippen LogP) is 1.13. The highest BCUT2D eigenvalue weighted by atomic mass is 32.2. The molecule has 0 saturated carbocycles. The van der Waals surface area contributed by atoms with E-state index in [9.17, 15) is 4.57 Å². The van der Waals surface area contributed by atoms with Crippen LogP contribution >= 0.6 is 32.9 Å². The average Bonchev–Trinajstić information content (AvgIpc) is 1.59. The molecule has 0 unspecified atom stereocenters. The first kappa shape index (κ1) is 10.8. The smallest absolute Gasteiger partial charge is 0.324 e. The van der Waals surface area contributed by atoms with E-state index in [2.05, 4.69) is 25.3 Å². The zero-order valence-electron chi connectivity index (χ0n) is 5.34. The maximum absolute atomic E-state index is 10.3. The molecule has 0 atom stereocenters. The second kappa shape index (κ2) is 4.67. The Morgan fingerprint density at radius 2 is 1.90 bits per heavy atom. The van der Waals surface area contributed by atoms with Crippen molar-refractivity contribution in [3.63, 3.8) is 0 Å². The first-order valence-electron chi connectivity index (χ1n) is 2.82. The third-order valence-corrected chi connectivity index (χ3v) is 2.33. The zero-order chi connectivity index (χ0) is 8.20. The molecule has 3 nitrogen and oxygen atoms in total. The van der Waals surface area contributed by atoms with Gasteiger partial charge < -0.3 is 9.79 Å². The fraction of sp³-hybridized carbons (Fsp3) is 1.00. The summed E-state index contributed by atoms with van der Waals surface area (Å²) in [7, 11) is -3.79. The van der Waals surface area contributed by atoms with Crippen LogP contribution in [0.5, 0.6) is 0 Å². The lowest BCUT2D eigenvalue weighted by atomic mass is 10.4. The molecule has 0 aliphatic rings. The van der Waals surface area contributed by atoms with Gasteiger partial charge in [-0.05, 0) is 12.8 Å². The molecule has 0 heterocycles. The molecule has 0 spiro atoms. The van der Waals surface area contributed by atoms with Crippen LogP contribution < -0.4 is 0 Å². The SMILES string of the molecule is O=P(O)(O)CCCC(S)S. The van der Waals surface area contributed by atoms with E-state index in [1.807, 2.05) is 0 Å². The summed E-state index contributed by atoms with van der Waals surface area (Å²) >= 11 is 7.88. The van der Waals surface area contributed by atoms with Gasteiger partial charge >= 0.3 is 7.60 Å². The summed E-state index contributed by atoms with van der Waals surface area (Å²) in [5.74, 6) is 0. The van der Waals surface area contributed by atoms with Crippen molar-refractivity contribution in [2.24, 2.45) is 0 Å². The topological polar surface area (TPSA) is 57.5 Å². The van der Waals surface area contributed by atoms with E-state index < -0.39 is 7.60 Å². The first-order chi connectivity index (χ1) is 4.42. The van der Waals surface area contributed by atoms with Crippen molar-refractivity contribution in [2.75, 3.05) is 6.16 Å². The number of thiol groups is 2. The number of hydrogen-bond acceptors (Lipinski definition) is 3. The Morgan fingerprint density at radius 1 is 1.40 bits per heavy atom. The molecule has 0 bridgehead atoms. The maximum Gasteiger partial charge on any atom is 0.325 e. The van der Waals surface area contributed by atoms with Gasteiger partial charge in [0.25, 0.3) is 0 Å². The third kappa shape index (κ3) is 8.85. The third-order valence-electron chi connectivity index (χ3n) is 0.912. The van der Waals surface area contributed by atoms with Crippen LogP contribution in [0.4, 0.5) is 0 Å². The summed E-state index contributed by atoms with van der Waals surface area (Å²) in [6.45, 7) is 0. The quantitative estimate of drug-likeness (QED) is 0.314. The maximum atomic E-state index is 10.3. The molecule has 10 heavy (non-hydrogen) atoms. The lowest BCUT2D eigenvalue weighted by molar-refractivity contribution is 0.371. The predicted molar refractivity (Wildman–Crippen MR) is 47.9 cm³/mol. The molecule has 0 aromatic carbocycles. The minimum absolute atomic E-state index is 0.0649. The van der Waals surface area contributed by atoms with Crippen LogP contribution in [-0.2, 0) is 4.57 Å². The van der Waals surface area contributed by atoms with Crippen LogP contribution in [0, 0.1) is 0 Å². The van der Waals surface area contributed by atoms with Crippen molar-refractivity contribution in [3.05, 3.63) is 0 Å². The lowest BCUT2D eigenvalue weighted by Crippen LogP contribution is -1.92. The molecule has 2 N–H and O–H groups in total. The van der Waals surface area contributed by atoms with Crippen molar-refractivity contribution in [1.82, 2.24) is 0 Å². The van der Waals surface area contributed by atoms with Crippen LogP contribution in [0.25, 0.3) is 0 Å². The molecular formula is C4H11O3PS2. The average molecular weight is 202 g/mol. The van der Waals surface area contributed by atoms with Crippen molar-refractivity contribution in [3.8, 4) is 0 Å². The van der Waals surface area contributed by atoms with Crippen LogP contribution in [0.15, 0.2) is 0 Å². The summed E-state index contributed by atoms with van der Waals surface area (Å²) in [5, 5.41) is 0. The Bertz CT molecular complexity index is 132. The van der Waals surface area contributed by atoms with E-state index in [-0.39, 0.29) is 10.7 Å². The number of rotatable bonds is 4. The molecule has 0 rings (SSSR count). The summed E-state index contributed by atoms with van der Waals surface area (Å²) < 4.78 is 10.2. The highest BCUT2D eigenvalue weighted by molar-refractivity contribution is 7.99. The van der Waals surface area contributed by atoms with Crippen molar-refractivity contribution in [1.29, 1.82) is 0 Å². The molecule has 0 aliphatic heterocycles. The molecule has 0 aromatic heterocycles. The van der Waals surface area contributed by atoms with Gasteiger partial charge in [0.1, 0.15) is 0 Å². The molecule has 0 aliphatic carbocycles. The molecular weight excluding hydrogens is 191 g/mol. The van der Waals surface area contributed by atoms with E-state index in [1.165, 1.54) is 0 Å². The van der Waals surface area contributed by atoms with Gasteiger partial charge in [0, 0.05) is 10.7 Å². The Labute approximate surface area is 71.2 Å². The van der Waals surface area contributed by atoms with Gasteiger partial charge in [-0.1, -0.05) is 0 Å². The first-order valence-corrected chi connectivity index (χ1v) is 5.65. The van der Waals surface area contributed by atoms with E-state index in [1.54, 1.807) is 0 Å². The van der Waals surface area contributed by atoms with Crippen LogP contribution in [0.2, 0.25) is 0 Å². The van der Waals surface area contributed by atoms with Crippen molar-refractivity contribution >= 4 is 32.9 Å². The Morgan fingerprint density at radius 3 is 2.20 bits per heavy atom. The summed E-state index contributed by atoms with van der Waals surface area (Å²) in [6.07, 6.45) is 1.03. The van der Waals surface area contributed by atoms with E-state index in [0.717, 1.165) is 0 Å². The Balaban J connectivity index is 3.30. The Hall–Kier alpha value is 0.850. The summed E-state index contributed by atoms with van der Waals surface area (Å²) in [6, 6.07) is 0. The molecule has 62 valence electrons. The van der Waals surface area contributed by atoms with Gasteiger partial charge in [0.15, 0.2) is 0 Å². The lowest BCUT2D eigenvalue weighted by Gasteiger charge is -2.03. The minimum Gasteiger partial charge on any atom is -0.324 e. The van der Waals surface area contributed by atoms with Gasteiger partial charge in [-0.25, -0.2) is 0 Å². The minimum atomic E-state index is -3.79. The highest BCUT2D eigenvalue weighted by Crippen LogP contribution is 2.35. The zero-order valence-corrected chi connectivity index (χ0v) is 8.03. The molecule has 0 radical (unpaired) electrons. The van der Waals surface area contributed by atoms with Gasteiger partial charge in [0.05, 0.1) is 0 Å². The van der Waals surface area contributed by atoms with Crippen LogP contribution in [-0.4, -0.2) is 20.5 Å². The molecule has 0 amide bonds. The highest BCUT2D eigenvalue weighted by Gasteiger charge is 2.11. The van der Waals surface area contributed by atoms with Gasteiger partial charge in [-0.3, -0.25) is 4.57 Å². The Kier molecular flexibility index (Phi) is 5.07. The second-order valence-electron chi connectivity index (χ2n) is 2.01. The second-order valence-corrected chi connectivity index (χ2v) is 5.44.